The third-order valence-corrected chi connectivity index (χ3v) is 3.50. The highest BCUT2D eigenvalue weighted by molar-refractivity contribution is 5.91. The Morgan fingerprint density at radius 2 is 1.96 bits per heavy atom. The van der Waals surface area contributed by atoms with Gasteiger partial charge in [-0.3, -0.25) is 4.79 Å². The Morgan fingerprint density at radius 3 is 2.61 bits per heavy atom. The van der Waals surface area contributed by atoms with Gasteiger partial charge in [-0.25, -0.2) is 0 Å². The van der Waals surface area contributed by atoms with Crippen LogP contribution in [-0.2, 0) is 11.2 Å². The van der Waals surface area contributed by atoms with Crippen molar-refractivity contribution in [2.24, 2.45) is 0 Å². The van der Waals surface area contributed by atoms with E-state index in [1.54, 1.807) is 0 Å². The maximum atomic E-state index is 12.1. The number of nitrogens with two attached hydrogens (primary N) is 1. The van der Waals surface area contributed by atoms with Crippen LogP contribution >= 0.6 is 0 Å². The molecule has 0 saturated heterocycles. The summed E-state index contributed by atoms with van der Waals surface area (Å²) in [6.45, 7) is 5.90. The number of ether oxygens (including phenoxy) is 1. The molecule has 2 aromatic rings. The molecule has 4 nitrogen and oxygen atoms in total. The number of nitrogen functional groups attached to an aromatic ring is 1. The van der Waals surface area contributed by atoms with Crippen LogP contribution in [-0.4, -0.2) is 12.0 Å². The fraction of sp³-hybridized carbons (Fsp3) is 0.316. The number of carbonyl (C=O) groups excluding carboxylic acids is 1. The highest BCUT2D eigenvalue weighted by atomic mass is 16.5. The Hall–Kier alpha value is -2.49. The van der Waals surface area contributed by atoms with Crippen molar-refractivity contribution in [3.8, 4) is 5.75 Å². The van der Waals surface area contributed by atoms with Crippen molar-refractivity contribution in [2.75, 3.05) is 11.1 Å². The maximum absolute atomic E-state index is 12.1. The molecule has 23 heavy (non-hydrogen) atoms. The van der Waals surface area contributed by atoms with Gasteiger partial charge in [0.25, 0.3) is 0 Å². The van der Waals surface area contributed by atoms with Gasteiger partial charge >= 0.3 is 0 Å². The Morgan fingerprint density at radius 1 is 1.22 bits per heavy atom. The van der Waals surface area contributed by atoms with E-state index < -0.39 is 0 Å². The number of carbonyl (C=O) groups is 1. The van der Waals surface area contributed by atoms with Crippen molar-refractivity contribution < 1.29 is 9.53 Å². The lowest BCUT2D eigenvalue weighted by molar-refractivity contribution is -0.116. The highest BCUT2D eigenvalue weighted by Crippen LogP contribution is 2.24. The first-order chi connectivity index (χ1) is 11.0. The summed E-state index contributed by atoms with van der Waals surface area (Å²) in [6.07, 6.45) is 1.14. The van der Waals surface area contributed by atoms with Crippen LogP contribution in [0.3, 0.4) is 0 Å². The number of nitrogens with one attached hydrogen (secondary N) is 1. The van der Waals surface area contributed by atoms with Crippen molar-refractivity contribution in [3.05, 3.63) is 53.6 Å². The molecule has 0 fully saturated rings. The largest absolute Gasteiger partial charge is 0.489 e. The SMILES string of the molecule is Cc1ccccc1NC(=O)CCc1ccc(OC(C)C)c(N)c1. The number of rotatable bonds is 6. The lowest BCUT2D eigenvalue weighted by Crippen LogP contribution is -2.13. The summed E-state index contributed by atoms with van der Waals surface area (Å²) in [5, 5.41) is 2.94. The lowest BCUT2D eigenvalue weighted by Gasteiger charge is -2.13. The summed E-state index contributed by atoms with van der Waals surface area (Å²) in [6, 6.07) is 13.4. The van der Waals surface area contributed by atoms with Gasteiger partial charge in [-0.05, 0) is 56.5 Å². The van der Waals surface area contributed by atoms with E-state index in [0.717, 1.165) is 16.8 Å². The average Bonchev–Trinajstić information content (AvgIpc) is 2.49. The normalized spacial score (nSPS) is 10.6. The van der Waals surface area contributed by atoms with Gasteiger partial charge in [0.2, 0.25) is 5.91 Å². The quantitative estimate of drug-likeness (QED) is 0.794. The monoisotopic (exact) mass is 312 g/mol. The number of aryl methyl sites for hydroxylation is 2. The Balaban J connectivity index is 1.92. The molecule has 122 valence electrons. The van der Waals surface area contributed by atoms with Gasteiger partial charge in [0.05, 0.1) is 11.8 Å². The topological polar surface area (TPSA) is 64.3 Å². The maximum Gasteiger partial charge on any atom is 0.224 e. The van der Waals surface area contributed by atoms with E-state index in [1.165, 1.54) is 0 Å². The first-order valence-electron chi connectivity index (χ1n) is 7.86. The van der Waals surface area contributed by atoms with Crippen LogP contribution in [0.15, 0.2) is 42.5 Å². The molecule has 0 heterocycles. The first kappa shape index (κ1) is 16.9. The number of hydrogen-bond donors (Lipinski definition) is 2. The van der Waals surface area contributed by atoms with E-state index in [1.807, 2.05) is 63.2 Å². The van der Waals surface area contributed by atoms with Crippen LogP contribution in [0.25, 0.3) is 0 Å². The summed E-state index contributed by atoms with van der Waals surface area (Å²) in [5.41, 5.74) is 9.54. The van der Waals surface area contributed by atoms with Gasteiger partial charge in [0.1, 0.15) is 5.75 Å². The summed E-state index contributed by atoms with van der Waals surface area (Å²) < 4.78 is 5.61. The molecule has 0 aliphatic rings. The second kappa shape index (κ2) is 7.68. The van der Waals surface area contributed by atoms with Crippen LogP contribution in [0.2, 0.25) is 0 Å². The molecule has 0 aliphatic heterocycles. The second-order valence-corrected chi connectivity index (χ2v) is 5.90. The van der Waals surface area contributed by atoms with Crippen LogP contribution < -0.4 is 15.8 Å². The standard InChI is InChI=1S/C19H24N2O2/c1-13(2)23-18-10-8-15(12-16(18)20)9-11-19(22)21-17-7-5-4-6-14(17)3/h4-8,10,12-13H,9,11,20H2,1-3H3,(H,21,22). The minimum atomic E-state index is 0.000350. The fourth-order valence-electron chi connectivity index (χ4n) is 2.30. The van der Waals surface area contributed by atoms with Crippen LogP contribution in [0.5, 0.6) is 5.75 Å². The minimum Gasteiger partial charge on any atom is -0.489 e. The zero-order chi connectivity index (χ0) is 16.8. The fourth-order valence-corrected chi connectivity index (χ4v) is 2.30. The molecule has 2 rings (SSSR count). The molecular formula is C19H24N2O2. The number of amides is 1. The molecule has 0 radical (unpaired) electrons. The molecule has 0 bridgehead atoms. The van der Waals surface area contributed by atoms with Gasteiger partial charge in [0, 0.05) is 12.1 Å². The third kappa shape index (κ3) is 5.02. The number of anilines is 2. The van der Waals surface area contributed by atoms with Gasteiger partial charge in [-0.15, -0.1) is 0 Å². The molecular weight excluding hydrogens is 288 g/mol. The van der Waals surface area contributed by atoms with Gasteiger partial charge in [0.15, 0.2) is 0 Å². The first-order valence-corrected chi connectivity index (χ1v) is 7.86. The summed E-state index contributed by atoms with van der Waals surface area (Å²) in [4.78, 5) is 12.1. The van der Waals surface area contributed by atoms with Gasteiger partial charge in [-0.2, -0.15) is 0 Å². The Labute approximate surface area is 137 Å². The van der Waals surface area contributed by atoms with E-state index in [4.69, 9.17) is 10.5 Å². The van der Waals surface area contributed by atoms with E-state index >= 15 is 0 Å². The van der Waals surface area contributed by atoms with E-state index in [-0.39, 0.29) is 12.0 Å². The van der Waals surface area contributed by atoms with E-state index in [9.17, 15) is 4.79 Å². The number of para-hydroxylation sites is 1. The van der Waals surface area contributed by atoms with Crippen LogP contribution in [0.1, 0.15) is 31.4 Å². The smallest absolute Gasteiger partial charge is 0.224 e. The molecule has 0 saturated carbocycles. The van der Waals surface area contributed by atoms with Crippen molar-refractivity contribution in [3.63, 3.8) is 0 Å². The summed E-state index contributed by atoms with van der Waals surface area (Å²) >= 11 is 0. The molecule has 4 heteroatoms. The summed E-state index contributed by atoms with van der Waals surface area (Å²) in [7, 11) is 0. The summed E-state index contributed by atoms with van der Waals surface area (Å²) in [5.74, 6) is 0.688. The molecule has 2 aromatic carbocycles. The van der Waals surface area contributed by atoms with Crippen LogP contribution in [0.4, 0.5) is 11.4 Å². The number of hydrogen-bond acceptors (Lipinski definition) is 3. The molecule has 0 aliphatic carbocycles. The van der Waals surface area contributed by atoms with E-state index in [0.29, 0.717) is 24.3 Å². The molecule has 0 unspecified atom stereocenters. The Kier molecular flexibility index (Phi) is 5.63. The van der Waals surface area contributed by atoms with Crippen molar-refractivity contribution >= 4 is 17.3 Å². The minimum absolute atomic E-state index is 0.000350. The van der Waals surface area contributed by atoms with Gasteiger partial charge in [-0.1, -0.05) is 24.3 Å². The van der Waals surface area contributed by atoms with Crippen molar-refractivity contribution in [1.82, 2.24) is 0 Å². The number of benzene rings is 2. The highest BCUT2D eigenvalue weighted by Gasteiger charge is 2.07. The Bertz CT molecular complexity index is 681. The average molecular weight is 312 g/mol. The predicted molar refractivity (Wildman–Crippen MR) is 94.7 cm³/mol. The molecule has 1 amide bonds. The molecule has 0 spiro atoms. The van der Waals surface area contributed by atoms with E-state index in [2.05, 4.69) is 5.32 Å². The van der Waals surface area contributed by atoms with Gasteiger partial charge < -0.3 is 15.8 Å². The zero-order valence-electron chi connectivity index (χ0n) is 13.9. The van der Waals surface area contributed by atoms with Crippen molar-refractivity contribution in [1.29, 1.82) is 0 Å². The second-order valence-electron chi connectivity index (χ2n) is 5.90. The zero-order valence-corrected chi connectivity index (χ0v) is 13.9. The molecule has 0 aromatic heterocycles. The lowest BCUT2D eigenvalue weighted by atomic mass is 10.1. The van der Waals surface area contributed by atoms with Crippen molar-refractivity contribution in [2.45, 2.75) is 39.7 Å². The third-order valence-electron chi connectivity index (χ3n) is 3.50. The van der Waals surface area contributed by atoms with Crippen LogP contribution in [0, 0.1) is 6.92 Å². The molecule has 3 N–H and O–H groups in total. The predicted octanol–water partition coefficient (Wildman–Crippen LogP) is 3.94. The molecule has 0 atom stereocenters.